The van der Waals surface area contributed by atoms with Gasteiger partial charge in [0.2, 0.25) is 0 Å². The highest BCUT2D eigenvalue weighted by atomic mass is 16.5. The minimum Gasteiger partial charge on any atom is -0.478 e. The lowest BCUT2D eigenvalue weighted by molar-refractivity contribution is -0.0149. The van der Waals surface area contributed by atoms with E-state index in [4.69, 9.17) is 9.84 Å². The highest BCUT2D eigenvalue weighted by molar-refractivity contribution is 5.88. The summed E-state index contributed by atoms with van der Waals surface area (Å²) in [7, 11) is 0. The molecule has 3 heteroatoms. The molecular formula is C13H18O3. The van der Waals surface area contributed by atoms with E-state index in [9.17, 15) is 4.79 Å². The van der Waals surface area contributed by atoms with Crippen LogP contribution in [0.25, 0.3) is 0 Å². The van der Waals surface area contributed by atoms with E-state index in [0.717, 1.165) is 11.1 Å². The molecule has 88 valence electrons. The maximum absolute atomic E-state index is 10.9. The van der Waals surface area contributed by atoms with Crippen LogP contribution in [-0.2, 0) is 11.3 Å². The Morgan fingerprint density at radius 3 is 2.44 bits per heavy atom. The van der Waals surface area contributed by atoms with Crippen molar-refractivity contribution in [3.05, 3.63) is 34.9 Å². The average molecular weight is 222 g/mol. The molecule has 1 aromatic rings. The molecule has 0 saturated carbocycles. The highest BCUT2D eigenvalue weighted by Gasteiger charge is 2.11. The van der Waals surface area contributed by atoms with Crippen LogP contribution >= 0.6 is 0 Å². The van der Waals surface area contributed by atoms with Crippen molar-refractivity contribution in [1.29, 1.82) is 0 Å². The number of ether oxygens (including phenoxy) is 1. The number of aromatic carboxylic acids is 1. The highest BCUT2D eigenvalue weighted by Crippen LogP contribution is 2.15. The van der Waals surface area contributed by atoms with Crippen molar-refractivity contribution in [2.45, 2.75) is 39.9 Å². The van der Waals surface area contributed by atoms with E-state index in [-0.39, 0.29) is 5.60 Å². The van der Waals surface area contributed by atoms with Gasteiger partial charge in [-0.05, 0) is 51.0 Å². The third-order valence-electron chi connectivity index (χ3n) is 2.06. The van der Waals surface area contributed by atoms with Crippen LogP contribution in [0.2, 0.25) is 0 Å². The Kier molecular flexibility index (Phi) is 3.70. The zero-order valence-electron chi connectivity index (χ0n) is 10.2. The molecule has 0 unspecified atom stereocenters. The van der Waals surface area contributed by atoms with E-state index in [1.165, 1.54) is 0 Å². The Morgan fingerprint density at radius 1 is 1.31 bits per heavy atom. The van der Waals surface area contributed by atoms with Gasteiger partial charge in [0.15, 0.2) is 0 Å². The maximum Gasteiger partial charge on any atom is 0.335 e. The van der Waals surface area contributed by atoms with Crippen LogP contribution in [-0.4, -0.2) is 16.7 Å². The first-order valence-electron chi connectivity index (χ1n) is 5.26. The lowest BCUT2D eigenvalue weighted by Gasteiger charge is -2.19. The second-order valence-corrected chi connectivity index (χ2v) is 4.91. The number of carboxylic acid groups (broad SMARTS) is 1. The first kappa shape index (κ1) is 12.7. The fourth-order valence-electron chi connectivity index (χ4n) is 1.37. The molecule has 0 atom stereocenters. The summed E-state index contributed by atoms with van der Waals surface area (Å²) in [5, 5.41) is 8.92. The van der Waals surface area contributed by atoms with E-state index in [0.29, 0.717) is 12.2 Å². The predicted octanol–water partition coefficient (Wildman–Crippen LogP) is 3.01. The normalized spacial score (nSPS) is 11.5. The Morgan fingerprint density at radius 2 is 1.94 bits per heavy atom. The van der Waals surface area contributed by atoms with Crippen LogP contribution < -0.4 is 0 Å². The second kappa shape index (κ2) is 4.66. The van der Waals surface area contributed by atoms with Crippen molar-refractivity contribution in [2.75, 3.05) is 0 Å². The smallest absolute Gasteiger partial charge is 0.335 e. The molecule has 0 saturated heterocycles. The summed E-state index contributed by atoms with van der Waals surface area (Å²) >= 11 is 0. The van der Waals surface area contributed by atoms with E-state index < -0.39 is 5.97 Å². The third kappa shape index (κ3) is 4.03. The zero-order chi connectivity index (χ0) is 12.3. The summed E-state index contributed by atoms with van der Waals surface area (Å²) in [5.74, 6) is -0.902. The first-order valence-corrected chi connectivity index (χ1v) is 5.26. The predicted molar refractivity (Wildman–Crippen MR) is 62.7 cm³/mol. The van der Waals surface area contributed by atoms with Gasteiger partial charge < -0.3 is 9.84 Å². The van der Waals surface area contributed by atoms with Crippen molar-refractivity contribution in [1.82, 2.24) is 0 Å². The van der Waals surface area contributed by atoms with Crippen LogP contribution in [0.4, 0.5) is 0 Å². The van der Waals surface area contributed by atoms with Gasteiger partial charge in [0.05, 0.1) is 17.8 Å². The van der Waals surface area contributed by atoms with Crippen molar-refractivity contribution in [3.63, 3.8) is 0 Å². The number of carbonyl (C=O) groups is 1. The Balaban J connectivity index is 2.85. The Bertz CT molecular complexity index is 389. The number of aryl methyl sites for hydroxylation is 1. The van der Waals surface area contributed by atoms with Crippen molar-refractivity contribution >= 4 is 5.97 Å². The molecule has 0 amide bonds. The van der Waals surface area contributed by atoms with Gasteiger partial charge in [0, 0.05) is 0 Å². The Hall–Kier alpha value is -1.35. The molecule has 0 bridgehead atoms. The minimum absolute atomic E-state index is 0.215. The fourth-order valence-corrected chi connectivity index (χ4v) is 1.37. The lowest BCUT2D eigenvalue weighted by Crippen LogP contribution is -2.18. The van der Waals surface area contributed by atoms with Gasteiger partial charge in [-0.3, -0.25) is 0 Å². The number of hydrogen-bond acceptors (Lipinski definition) is 2. The number of rotatable bonds is 3. The van der Waals surface area contributed by atoms with Gasteiger partial charge in [0.1, 0.15) is 0 Å². The lowest BCUT2D eigenvalue weighted by atomic mass is 10.1. The molecular weight excluding hydrogens is 204 g/mol. The van der Waals surface area contributed by atoms with Gasteiger partial charge in [-0.1, -0.05) is 6.07 Å². The van der Waals surface area contributed by atoms with Crippen molar-refractivity contribution in [2.24, 2.45) is 0 Å². The number of benzene rings is 1. The molecule has 1 aromatic carbocycles. The molecule has 0 heterocycles. The maximum atomic E-state index is 10.9. The van der Waals surface area contributed by atoms with Crippen molar-refractivity contribution in [3.8, 4) is 0 Å². The Labute approximate surface area is 96.1 Å². The SMILES string of the molecule is Cc1cc(COC(C)(C)C)cc(C(=O)O)c1. The van der Waals surface area contributed by atoms with Crippen molar-refractivity contribution < 1.29 is 14.6 Å². The molecule has 0 aliphatic rings. The molecule has 1 N–H and O–H groups in total. The summed E-state index contributed by atoms with van der Waals surface area (Å²) in [6, 6.07) is 5.25. The van der Waals surface area contributed by atoms with Gasteiger partial charge >= 0.3 is 5.97 Å². The van der Waals surface area contributed by atoms with Gasteiger partial charge in [-0.15, -0.1) is 0 Å². The molecule has 1 rings (SSSR count). The standard InChI is InChI=1S/C13H18O3/c1-9-5-10(8-16-13(2,3)4)7-11(6-9)12(14)15/h5-7H,8H2,1-4H3,(H,14,15). The second-order valence-electron chi connectivity index (χ2n) is 4.91. The van der Waals surface area contributed by atoms with E-state index in [1.54, 1.807) is 12.1 Å². The molecule has 3 nitrogen and oxygen atoms in total. The molecule has 0 aliphatic heterocycles. The van der Waals surface area contributed by atoms with Crippen LogP contribution in [0.1, 0.15) is 42.3 Å². The topological polar surface area (TPSA) is 46.5 Å². The minimum atomic E-state index is -0.902. The quantitative estimate of drug-likeness (QED) is 0.855. The van der Waals surface area contributed by atoms with Crippen LogP contribution in [0.5, 0.6) is 0 Å². The van der Waals surface area contributed by atoms with E-state index >= 15 is 0 Å². The first-order chi connectivity index (χ1) is 7.28. The number of hydrogen-bond donors (Lipinski definition) is 1. The average Bonchev–Trinajstić information content (AvgIpc) is 2.13. The molecule has 16 heavy (non-hydrogen) atoms. The van der Waals surface area contributed by atoms with Gasteiger partial charge in [-0.25, -0.2) is 4.79 Å². The summed E-state index contributed by atoms with van der Waals surface area (Å²) in [4.78, 5) is 10.9. The van der Waals surface area contributed by atoms with Crippen LogP contribution in [0, 0.1) is 6.92 Å². The van der Waals surface area contributed by atoms with E-state index in [1.807, 2.05) is 33.8 Å². The third-order valence-corrected chi connectivity index (χ3v) is 2.06. The summed E-state index contributed by atoms with van der Waals surface area (Å²) < 4.78 is 5.61. The summed E-state index contributed by atoms with van der Waals surface area (Å²) in [5.41, 5.74) is 1.93. The zero-order valence-corrected chi connectivity index (χ0v) is 10.2. The largest absolute Gasteiger partial charge is 0.478 e. The number of carboxylic acids is 1. The molecule has 0 aromatic heterocycles. The van der Waals surface area contributed by atoms with Crippen LogP contribution in [0.3, 0.4) is 0 Å². The molecule has 0 aliphatic carbocycles. The van der Waals surface area contributed by atoms with E-state index in [2.05, 4.69) is 0 Å². The monoisotopic (exact) mass is 222 g/mol. The summed E-state index contributed by atoms with van der Waals surface area (Å²) in [6.07, 6.45) is 0. The van der Waals surface area contributed by atoms with Crippen LogP contribution in [0.15, 0.2) is 18.2 Å². The van der Waals surface area contributed by atoms with Gasteiger partial charge in [0.25, 0.3) is 0 Å². The molecule has 0 fully saturated rings. The molecule has 0 radical (unpaired) electrons. The summed E-state index contributed by atoms with van der Waals surface area (Å²) in [6.45, 7) is 8.24. The van der Waals surface area contributed by atoms with Gasteiger partial charge in [-0.2, -0.15) is 0 Å². The molecule has 0 spiro atoms. The fraction of sp³-hybridized carbons (Fsp3) is 0.462.